The van der Waals surface area contributed by atoms with Crippen LogP contribution in [-0.2, 0) is 22.6 Å². The lowest BCUT2D eigenvalue weighted by Gasteiger charge is -2.41. The zero-order chi connectivity index (χ0) is 25.8. The van der Waals surface area contributed by atoms with E-state index in [2.05, 4.69) is 4.57 Å². The molecule has 2 aromatic carbocycles. The topological polar surface area (TPSA) is 81.1 Å². The number of imide groups is 1. The van der Waals surface area contributed by atoms with E-state index >= 15 is 0 Å². The molecule has 2 aliphatic rings. The number of benzene rings is 2. The van der Waals surface area contributed by atoms with Crippen molar-refractivity contribution in [1.82, 2.24) is 14.4 Å². The predicted molar refractivity (Wildman–Crippen MR) is 135 cm³/mol. The van der Waals surface area contributed by atoms with Crippen LogP contribution in [0.1, 0.15) is 60.8 Å². The lowest BCUT2D eigenvalue weighted by atomic mass is 9.89. The molecular formula is C28H31N3O5. The molecule has 188 valence electrons. The molecule has 1 unspecified atom stereocenters. The van der Waals surface area contributed by atoms with Crippen molar-refractivity contribution in [2.24, 2.45) is 0 Å². The number of hydrogen-bond donors (Lipinski definition) is 0. The average molecular weight is 490 g/mol. The van der Waals surface area contributed by atoms with E-state index in [1.165, 1.54) is 4.90 Å². The van der Waals surface area contributed by atoms with Gasteiger partial charge in [-0.3, -0.25) is 9.69 Å². The number of esters is 1. The van der Waals surface area contributed by atoms with Crippen LogP contribution in [-0.4, -0.2) is 58.1 Å². The number of carbonyl (C=O) groups is 3. The Hall–Kier alpha value is -3.81. The number of hydrogen-bond acceptors (Lipinski definition) is 5. The Kier molecular flexibility index (Phi) is 5.77. The summed E-state index contributed by atoms with van der Waals surface area (Å²) in [7, 11) is 1.55. The summed E-state index contributed by atoms with van der Waals surface area (Å²) in [5.74, 6) is -0.198. The first-order valence-electron chi connectivity index (χ1n) is 12.2. The molecule has 3 aromatic rings. The van der Waals surface area contributed by atoms with Crippen molar-refractivity contribution < 1.29 is 23.9 Å². The van der Waals surface area contributed by atoms with Crippen molar-refractivity contribution in [3.05, 3.63) is 64.8 Å². The zero-order valence-corrected chi connectivity index (χ0v) is 21.3. The summed E-state index contributed by atoms with van der Waals surface area (Å²) in [6.45, 7) is 9.36. The van der Waals surface area contributed by atoms with Crippen molar-refractivity contribution in [3.63, 3.8) is 0 Å². The Morgan fingerprint density at radius 3 is 2.47 bits per heavy atom. The van der Waals surface area contributed by atoms with Crippen molar-refractivity contribution in [2.45, 2.75) is 52.3 Å². The van der Waals surface area contributed by atoms with Crippen molar-refractivity contribution in [2.75, 3.05) is 20.2 Å². The maximum atomic E-state index is 13.1. The quantitative estimate of drug-likeness (QED) is 0.492. The van der Waals surface area contributed by atoms with Gasteiger partial charge in [0.2, 0.25) is 5.91 Å². The van der Waals surface area contributed by atoms with Crippen LogP contribution in [0, 0.1) is 0 Å². The molecule has 3 heterocycles. The first kappa shape index (κ1) is 23.9. The Morgan fingerprint density at radius 1 is 1.08 bits per heavy atom. The number of ether oxygens (including phenoxy) is 2. The highest BCUT2D eigenvalue weighted by Crippen LogP contribution is 2.41. The van der Waals surface area contributed by atoms with Gasteiger partial charge in [-0.15, -0.1) is 0 Å². The molecule has 3 amide bonds. The Labute approximate surface area is 210 Å². The minimum atomic E-state index is -0.560. The van der Waals surface area contributed by atoms with Crippen LogP contribution in [0.25, 0.3) is 10.9 Å². The first-order chi connectivity index (χ1) is 17.1. The van der Waals surface area contributed by atoms with E-state index in [9.17, 15) is 14.4 Å². The van der Waals surface area contributed by atoms with Crippen LogP contribution in [0.2, 0.25) is 0 Å². The van der Waals surface area contributed by atoms with E-state index in [4.69, 9.17) is 9.47 Å². The SMILES string of the molecule is CCOc1ccc2c(c1)c1c(n2Cc2ccc(C(=O)OC(C)(C)C)cc2)CN2CC1C(=O)N(C)C2=O. The van der Waals surface area contributed by atoms with Gasteiger partial charge < -0.3 is 18.9 Å². The second kappa shape index (κ2) is 8.69. The summed E-state index contributed by atoms with van der Waals surface area (Å²) in [6, 6.07) is 13.1. The first-order valence-corrected chi connectivity index (χ1v) is 12.2. The fourth-order valence-electron chi connectivity index (χ4n) is 5.12. The molecule has 0 radical (unpaired) electrons. The molecule has 0 aliphatic carbocycles. The van der Waals surface area contributed by atoms with Gasteiger partial charge in [-0.1, -0.05) is 12.1 Å². The predicted octanol–water partition coefficient (Wildman–Crippen LogP) is 4.53. The van der Waals surface area contributed by atoms with Crippen LogP contribution < -0.4 is 4.74 Å². The van der Waals surface area contributed by atoms with E-state index in [0.717, 1.165) is 33.5 Å². The maximum Gasteiger partial charge on any atom is 0.338 e. The molecule has 1 fully saturated rings. The monoisotopic (exact) mass is 489 g/mol. The largest absolute Gasteiger partial charge is 0.494 e. The van der Waals surface area contributed by atoms with E-state index < -0.39 is 11.5 Å². The molecule has 1 aromatic heterocycles. The average Bonchev–Trinajstić information content (AvgIpc) is 3.13. The second-order valence-electron chi connectivity index (χ2n) is 10.4. The smallest absolute Gasteiger partial charge is 0.338 e. The van der Waals surface area contributed by atoms with E-state index in [-0.39, 0.29) is 17.9 Å². The van der Waals surface area contributed by atoms with Crippen LogP contribution in [0.15, 0.2) is 42.5 Å². The van der Waals surface area contributed by atoms with Gasteiger partial charge in [0, 0.05) is 36.7 Å². The van der Waals surface area contributed by atoms with Gasteiger partial charge in [-0.25, -0.2) is 9.59 Å². The van der Waals surface area contributed by atoms with Crippen molar-refractivity contribution >= 4 is 28.8 Å². The third kappa shape index (κ3) is 4.10. The van der Waals surface area contributed by atoms with E-state index in [1.807, 2.05) is 58.0 Å². The molecular weight excluding hydrogens is 458 g/mol. The number of fused-ring (bicyclic) bond motifs is 6. The molecule has 36 heavy (non-hydrogen) atoms. The zero-order valence-electron chi connectivity index (χ0n) is 21.3. The minimum Gasteiger partial charge on any atom is -0.494 e. The Bertz CT molecular complexity index is 1370. The number of amides is 3. The highest BCUT2D eigenvalue weighted by atomic mass is 16.6. The normalized spacial score (nSPS) is 17.4. The molecule has 0 N–H and O–H groups in total. The molecule has 0 spiro atoms. The lowest BCUT2D eigenvalue weighted by molar-refractivity contribution is -0.132. The molecule has 0 saturated carbocycles. The molecule has 8 nitrogen and oxygen atoms in total. The third-order valence-corrected chi connectivity index (χ3v) is 6.70. The number of rotatable bonds is 5. The maximum absolute atomic E-state index is 13.1. The highest BCUT2D eigenvalue weighted by Gasteiger charge is 2.44. The van der Waals surface area contributed by atoms with Crippen molar-refractivity contribution in [1.29, 1.82) is 0 Å². The third-order valence-electron chi connectivity index (χ3n) is 6.70. The molecule has 1 saturated heterocycles. The van der Waals surface area contributed by atoms with Gasteiger partial charge in [0.05, 0.1) is 24.6 Å². The highest BCUT2D eigenvalue weighted by molar-refractivity contribution is 6.04. The van der Waals surface area contributed by atoms with Crippen LogP contribution >= 0.6 is 0 Å². The van der Waals surface area contributed by atoms with Crippen molar-refractivity contribution in [3.8, 4) is 5.75 Å². The number of carbonyl (C=O) groups excluding carboxylic acids is 3. The fourth-order valence-corrected chi connectivity index (χ4v) is 5.12. The van der Waals surface area contributed by atoms with Crippen LogP contribution in [0.5, 0.6) is 5.75 Å². The summed E-state index contributed by atoms with van der Waals surface area (Å²) in [6.07, 6.45) is 0. The summed E-state index contributed by atoms with van der Waals surface area (Å²) < 4.78 is 13.4. The van der Waals surface area contributed by atoms with E-state index in [0.29, 0.717) is 31.8 Å². The molecule has 8 heteroatoms. The van der Waals surface area contributed by atoms with Crippen LogP contribution in [0.4, 0.5) is 4.79 Å². The Morgan fingerprint density at radius 2 is 1.81 bits per heavy atom. The summed E-state index contributed by atoms with van der Waals surface area (Å²) in [5.41, 5.74) is 3.84. The Balaban J connectivity index is 1.56. The number of likely N-dealkylation sites (N-methyl/N-ethyl adjacent to an activating group) is 1. The van der Waals surface area contributed by atoms with Gasteiger partial charge in [0.1, 0.15) is 11.4 Å². The van der Waals surface area contributed by atoms with Gasteiger partial charge in [0.25, 0.3) is 0 Å². The summed E-state index contributed by atoms with van der Waals surface area (Å²) in [4.78, 5) is 41.3. The number of aromatic nitrogens is 1. The minimum absolute atomic E-state index is 0.181. The fraction of sp³-hybridized carbons (Fsp3) is 0.393. The molecule has 2 bridgehead atoms. The molecule has 2 aliphatic heterocycles. The summed E-state index contributed by atoms with van der Waals surface area (Å²) >= 11 is 0. The number of urea groups is 1. The summed E-state index contributed by atoms with van der Waals surface area (Å²) in [5, 5.41) is 0.974. The molecule has 1 atom stereocenters. The second-order valence-corrected chi connectivity index (χ2v) is 10.4. The van der Waals surface area contributed by atoms with Gasteiger partial charge in [0.15, 0.2) is 0 Å². The van der Waals surface area contributed by atoms with Gasteiger partial charge in [-0.05, 0) is 69.2 Å². The number of nitrogens with zero attached hydrogens (tertiary/aromatic N) is 3. The van der Waals surface area contributed by atoms with Crippen LogP contribution in [0.3, 0.4) is 0 Å². The van der Waals surface area contributed by atoms with Gasteiger partial charge >= 0.3 is 12.0 Å². The van der Waals surface area contributed by atoms with E-state index in [1.54, 1.807) is 24.1 Å². The standard InChI is InChI=1S/C28H31N3O5/c1-6-35-19-11-12-22-20(13-19)24-21-15-30(27(34)29(5)25(21)32)16-23(24)31(22)14-17-7-9-18(10-8-17)26(33)36-28(2,3)4/h7-13,21H,6,14-16H2,1-5H3. The van der Waals surface area contributed by atoms with Gasteiger partial charge in [-0.2, -0.15) is 0 Å². The molecule has 5 rings (SSSR count). The lowest BCUT2D eigenvalue weighted by Crippen LogP contribution is -2.56.